The first-order valence-corrected chi connectivity index (χ1v) is 11.1. The summed E-state index contributed by atoms with van der Waals surface area (Å²) in [5, 5.41) is -0.604. The molecule has 1 aliphatic heterocycles. The standard InChI is InChI=1S/C25H22ClF3N2O4/c1-34-20-10-16-8-9-31(23(15-6-4-3-5-7-15)18(16)12-21(20)35-2)22(32)14-30-13-17(25(27,28)29)11-19(26)24(30)33/h3-7,10-13,23H,8-9,14H2,1-2H3. The number of ether oxygens (including phenoxy) is 2. The molecule has 6 nitrogen and oxygen atoms in total. The Morgan fingerprint density at radius 3 is 2.37 bits per heavy atom. The fraction of sp³-hybridized carbons (Fsp3) is 0.280. The van der Waals surface area contributed by atoms with Crippen LogP contribution in [0.25, 0.3) is 0 Å². The van der Waals surface area contributed by atoms with Crippen LogP contribution in [0.1, 0.15) is 28.3 Å². The molecule has 0 aliphatic carbocycles. The van der Waals surface area contributed by atoms with Crippen molar-refractivity contribution in [3.05, 3.63) is 92.4 Å². The molecule has 1 atom stereocenters. The molecule has 0 saturated heterocycles. The van der Waals surface area contributed by atoms with Gasteiger partial charge in [0.2, 0.25) is 5.91 Å². The number of hydrogen-bond donors (Lipinski definition) is 0. The van der Waals surface area contributed by atoms with Gasteiger partial charge < -0.3 is 18.9 Å². The van der Waals surface area contributed by atoms with Gasteiger partial charge in [-0.05, 0) is 41.3 Å². The number of halogens is 4. The zero-order chi connectivity index (χ0) is 25.3. The number of amides is 1. The van der Waals surface area contributed by atoms with E-state index in [-0.39, 0.29) is 0 Å². The number of fused-ring (bicyclic) bond motifs is 1. The summed E-state index contributed by atoms with van der Waals surface area (Å²) in [7, 11) is 3.05. The van der Waals surface area contributed by atoms with Crippen LogP contribution in [0.5, 0.6) is 11.5 Å². The topological polar surface area (TPSA) is 60.8 Å². The van der Waals surface area contributed by atoms with Crippen molar-refractivity contribution in [2.75, 3.05) is 20.8 Å². The zero-order valence-electron chi connectivity index (χ0n) is 18.9. The second-order valence-electron chi connectivity index (χ2n) is 8.06. The Morgan fingerprint density at radius 1 is 1.09 bits per heavy atom. The number of carbonyl (C=O) groups excluding carboxylic acids is 1. The second kappa shape index (κ2) is 9.65. The first-order valence-electron chi connectivity index (χ1n) is 10.7. The minimum Gasteiger partial charge on any atom is -0.493 e. The van der Waals surface area contributed by atoms with Gasteiger partial charge in [-0.15, -0.1) is 0 Å². The van der Waals surface area contributed by atoms with Crippen molar-refractivity contribution in [3.8, 4) is 11.5 Å². The molecule has 0 spiro atoms. The number of carbonyl (C=O) groups is 1. The Morgan fingerprint density at radius 2 is 1.74 bits per heavy atom. The van der Waals surface area contributed by atoms with Crippen molar-refractivity contribution in [2.24, 2.45) is 0 Å². The Hall–Kier alpha value is -3.46. The molecule has 1 unspecified atom stereocenters. The summed E-state index contributed by atoms with van der Waals surface area (Å²) in [6.07, 6.45) is -3.60. The van der Waals surface area contributed by atoms with E-state index in [0.29, 0.717) is 41.3 Å². The van der Waals surface area contributed by atoms with Crippen LogP contribution >= 0.6 is 11.6 Å². The summed E-state index contributed by atoms with van der Waals surface area (Å²) in [5.41, 5.74) is 0.606. The summed E-state index contributed by atoms with van der Waals surface area (Å²) >= 11 is 5.76. The van der Waals surface area contributed by atoms with Crippen LogP contribution in [0, 0.1) is 0 Å². The fourth-order valence-electron chi connectivity index (χ4n) is 4.32. The molecule has 184 valence electrons. The lowest BCUT2D eigenvalue weighted by molar-refractivity contribution is -0.139. The van der Waals surface area contributed by atoms with E-state index in [9.17, 15) is 22.8 Å². The van der Waals surface area contributed by atoms with Gasteiger partial charge in [0.05, 0.1) is 25.8 Å². The highest BCUT2D eigenvalue weighted by Crippen LogP contribution is 2.41. The van der Waals surface area contributed by atoms with E-state index in [4.69, 9.17) is 21.1 Å². The van der Waals surface area contributed by atoms with Crippen molar-refractivity contribution in [1.82, 2.24) is 9.47 Å². The molecule has 0 bridgehead atoms. The molecular formula is C25H22ClF3N2O4. The molecule has 4 rings (SSSR count). The summed E-state index contributed by atoms with van der Waals surface area (Å²) in [5.74, 6) is 0.530. The SMILES string of the molecule is COc1cc2c(cc1OC)C(c1ccccc1)N(C(=O)Cn1cc(C(F)(F)F)cc(Cl)c1=O)CC2. The normalized spacial score (nSPS) is 15.5. The predicted octanol–water partition coefficient (Wildman–Crippen LogP) is 4.71. The first-order chi connectivity index (χ1) is 16.6. The highest BCUT2D eigenvalue weighted by atomic mass is 35.5. The Balaban J connectivity index is 1.77. The maximum absolute atomic E-state index is 13.4. The van der Waals surface area contributed by atoms with Gasteiger partial charge >= 0.3 is 6.18 Å². The van der Waals surface area contributed by atoms with Gasteiger partial charge in [0.1, 0.15) is 11.6 Å². The number of nitrogens with zero attached hydrogens (tertiary/aromatic N) is 2. The minimum atomic E-state index is -4.71. The molecule has 0 N–H and O–H groups in total. The minimum absolute atomic E-state index is 0.294. The fourth-order valence-corrected chi connectivity index (χ4v) is 4.54. The van der Waals surface area contributed by atoms with E-state index in [0.717, 1.165) is 16.7 Å². The number of alkyl halides is 3. The molecule has 1 aliphatic rings. The average molecular weight is 507 g/mol. The summed E-state index contributed by atoms with van der Waals surface area (Å²) < 4.78 is 51.4. The van der Waals surface area contributed by atoms with Gasteiger partial charge in [-0.3, -0.25) is 9.59 Å². The van der Waals surface area contributed by atoms with Crippen LogP contribution in [0.2, 0.25) is 5.02 Å². The van der Waals surface area contributed by atoms with E-state index in [2.05, 4.69) is 0 Å². The van der Waals surface area contributed by atoms with Crippen molar-refractivity contribution in [1.29, 1.82) is 0 Å². The van der Waals surface area contributed by atoms with Crippen molar-refractivity contribution in [2.45, 2.75) is 25.2 Å². The van der Waals surface area contributed by atoms with E-state index >= 15 is 0 Å². The monoisotopic (exact) mass is 506 g/mol. The second-order valence-corrected chi connectivity index (χ2v) is 8.47. The molecule has 0 fully saturated rings. The molecule has 2 aromatic carbocycles. The molecule has 35 heavy (non-hydrogen) atoms. The third kappa shape index (κ3) is 4.86. The summed E-state index contributed by atoms with van der Waals surface area (Å²) in [6, 6.07) is 12.9. The van der Waals surface area contributed by atoms with Gasteiger partial charge in [-0.25, -0.2) is 0 Å². The lowest BCUT2D eigenvalue weighted by Crippen LogP contribution is -2.43. The van der Waals surface area contributed by atoms with E-state index in [1.54, 1.807) is 11.0 Å². The molecular weight excluding hydrogens is 485 g/mol. The number of aromatic nitrogens is 1. The Labute approximate surface area is 204 Å². The van der Waals surface area contributed by atoms with E-state index in [1.807, 2.05) is 36.4 Å². The van der Waals surface area contributed by atoms with Gasteiger partial charge in [0, 0.05) is 12.7 Å². The maximum Gasteiger partial charge on any atom is 0.417 e. The van der Waals surface area contributed by atoms with Crippen LogP contribution in [0.3, 0.4) is 0 Å². The number of methoxy groups -OCH3 is 2. The Bertz CT molecular complexity index is 1310. The molecule has 1 aromatic heterocycles. The smallest absolute Gasteiger partial charge is 0.417 e. The molecule has 1 amide bonds. The highest BCUT2D eigenvalue weighted by Gasteiger charge is 2.35. The predicted molar refractivity (Wildman–Crippen MR) is 124 cm³/mol. The van der Waals surface area contributed by atoms with Gasteiger partial charge in [0.15, 0.2) is 11.5 Å². The third-order valence-electron chi connectivity index (χ3n) is 5.98. The largest absolute Gasteiger partial charge is 0.493 e. The number of rotatable bonds is 5. The molecule has 10 heteroatoms. The summed E-state index contributed by atoms with van der Waals surface area (Å²) in [6.45, 7) is -0.295. The van der Waals surface area contributed by atoms with Crippen LogP contribution in [0.4, 0.5) is 13.2 Å². The lowest BCUT2D eigenvalue weighted by Gasteiger charge is -2.38. The van der Waals surface area contributed by atoms with Crippen molar-refractivity contribution in [3.63, 3.8) is 0 Å². The van der Waals surface area contributed by atoms with Gasteiger partial charge in [-0.2, -0.15) is 13.2 Å². The summed E-state index contributed by atoms with van der Waals surface area (Å²) in [4.78, 5) is 27.4. The van der Waals surface area contributed by atoms with Crippen molar-refractivity contribution < 1.29 is 27.4 Å². The number of hydrogen-bond acceptors (Lipinski definition) is 4. The van der Waals surface area contributed by atoms with Crippen LogP contribution in [-0.4, -0.2) is 36.1 Å². The van der Waals surface area contributed by atoms with Crippen LogP contribution in [-0.2, 0) is 23.9 Å². The average Bonchev–Trinajstić information content (AvgIpc) is 2.84. The first kappa shape index (κ1) is 24.7. The number of benzene rings is 2. The van der Waals surface area contributed by atoms with Crippen molar-refractivity contribution >= 4 is 17.5 Å². The van der Waals surface area contributed by atoms with Crippen LogP contribution in [0.15, 0.2) is 59.5 Å². The van der Waals surface area contributed by atoms with Gasteiger partial charge in [-0.1, -0.05) is 41.9 Å². The molecule has 3 aromatic rings. The Kier molecular flexibility index (Phi) is 6.80. The molecule has 0 saturated carbocycles. The highest BCUT2D eigenvalue weighted by molar-refractivity contribution is 6.30. The molecule has 2 heterocycles. The number of pyridine rings is 1. The van der Waals surface area contributed by atoms with E-state index < -0.39 is 40.8 Å². The quantitative estimate of drug-likeness (QED) is 0.503. The van der Waals surface area contributed by atoms with Gasteiger partial charge in [0.25, 0.3) is 5.56 Å². The molecule has 0 radical (unpaired) electrons. The van der Waals surface area contributed by atoms with Crippen LogP contribution < -0.4 is 15.0 Å². The third-order valence-corrected chi connectivity index (χ3v) is 6.26. The van der Waals surface area contributed by atoms with E-state index in [1.165, 1.54) is 14.2 Å². The lowest BCUT2D eigenvalue weighted by atomic mass is 9.87. The maximum atomic E-state index is 13.4. The zero-order valence-corrected chi connectivity index (χ0v) is 19.7.